The van der Waals surface area contributed by atoms with Gasteiger partial charge in [-0.05, 0) is 49.7 Å². The van der Waals surface area contributed by atoms with Gasteiger partial charge in [0.1, 0.15) is 63.6 Å². The highest BCUT2D eigenvalue weighted by Gasteiger charge is 2.52. The molecule has 7 aromatic carbocycles. The Balaban J connectivity index is 0.000000240. The van der Waals surface area contributed by atoms with Crippen LogP contribution in [-0.2, 0) is 10.9 Å². The minimum Gasteiger partial charge on any atom is -0.207 e. The van der Waals surface area contributed by atoms with E-state index < -0.39 is 144 Å². The number of rotatable bonds is 8. The maximum atomic E-state index is 15.4. The predicted octanol–water partition coefficient (Wildman–Crippen LogP) is 13.0. The van der Waals surface area contributed by atoms with Gasteiger partial charge in [0.25, 0.3) is 0 Å². The molecule has 0 atom stereocenters. The van der Waals surface area contributed by atoms with Crippen molar-refractivity contribution < 1.29 is 87.8 Å². The molecule has 0 amide bonds. The Morgan fingerprint density at radius 3 is 0.817 bits per heavy atom. The van der Waals surface area contributed by atoms with E-state index in [-0.39, 0.29) is 10.9 Å². The lowest BCUT2D eigenvalue weighted by Crippen LogP contribution is -2.81. The van der Waals surface area contributed by atoms with Gasteiger partial charge < -0.3 is 0 Å². The van der Waals surface area contributed by atoms with E-state index in [9.17, 15) is 52.7 Å². The first-order chi connectivity index (χ1) is 33.4. The summed E-state index contributed by atoms with van der Waals surface area (Å²) in [7, 11) is -0.0656. The van der Waals surface area contributed by atoms with Gasteiger partial charge in [-0.15, -0.1) is 21.9 Å². The number of aryl methyl sites for hydroxylation is 2. The van der Waals surface area contributed by atoms with Crippen LogP contribution in [0.3, 0.4) is 0 Å². The summed E-state index contributed by atoms with van der Waals surface area (Å²) in [5.41, 5.74) is -10.4. The summed E-state index contributed by atoms with van der Waals surface area (Å²) in [4.78, 5) is 4.08. The fourth-order valence-electron chi connectivity index (χ4n) is 7.78. The van der Waals surface area contributed by atoms with Gasteiger partial charge in [0, 0.05) is 10.9 Å². The molecule has 0 fully saturated rings. The van der Waals surface area contributed by atoms with Crippen LogP contribution in [-0.4, -0.2) is 6.15 Å². The van der Waals surface area contributed by atoms with E-state index >= 15 is 35.1 Å². The van der Waals surface area contributed by atoms with E-state index in [1.54, 1.807) is 0 Å². The molecule has 8 rings (SSSR count). The summed E-state index contributed by atoms with van der Waals surface area (Å²) < 4.78 is 295. The van der Waals surface area contributed by atoms with E-state index in [2.05, 4.69) is 105 Å². The molecule has 0 radical (unpaired) electrons. The second-order valence-corrected chi connectivity index (χ2v) is 18.6. The Labute approximate surface area is 393 Å². The van der Waals surface area contributed by atoms with E-state index in [1.807, 2.05) is 11.3 Å². The Bertz CT molecular complexity index is 2950. The van der Waals surface area contributed by atoms with Crippen molar-refractivity contribution in [1.82, 2.24) is 0 Å². The van der Waals surface area contributed by atoms with E-state index in [0.29, 0.717) is 0 Å². The summed E-state index contributed by atoms with van der Waals surface area (Å²) in [6.45, 7) is 4.29. The summed E-state index contributed by atoms with van der Waals surface area (Å²) in [5, 5.41) is 0. The average Bonchev–Trinajstić information content (AvgIpc) is 3.85. The lowest BCUT2D eigenvalue weighted by molar-refractivity contribution is 0.378. The normalized spacial score (nSPS) is 11.6. The predicted molar refractivity (Wildman–Crippen MR) is 223 cm³/mol. The van der Waals surface area contributed by atoms with Crippen LogP contribution in [0, 0.1) is 130 Å². The van der Waals surface area contributed by atoms with Crippen LogP contribution in [0.5, 0.6) is 0 Å². The van der Waals surface area contributed by atoms with Gasteiger partial charge in [0.2, 0.25) is 4.21 Å². The molecule has 0 aliphatic carbocycles. The fourth-order valence-corrected chi connectivity index (χ4v) is 11.5. The monoisotopic (exact) mass is 1050 g/mol. The number of hydrogen-bond acceptors (Lipinski definition) is 1. The van der Waals surface area contributed by atoms with Gasteiger partial charge in [-0.3, -0.25) is 0 Å². The topological polar surface area (TPSA) is 0 Å². The second-order valence-electron chi connectivity index (χ2n) is 15.2. The molecule has 0 spiro atoms. The molecule has 0 N–H and O–H groups in total. The SMILES string of the molecule is Cc1ccc([S+](c2ccc(C)cc2)c2ccc(-c3ccccc3)s2)cc1.Fc1c(F)c(F)c([B-](c2c(F)c(F)c(F)c(F)c2F)(c2c(F)c(F)c(F)c(F)c2F)c2c(F)c(F)c(F)c(F)c2F)c(F)c1F. The summed E-state index contributed by atoms with van der Waals surface area (Å²) >= 11 is 1.90. The first-order valence-corrected chi connectivity index (χ1v) is 21.7. The molecule has 368 valence electrons. The molecule has 71 heavy (non-hydrogen) atoms. The van der Waals surface area contributed by atoms with Gasteiger partial charge in [-0.25, -0.2) is 87.8 Å². The molecule has 0 unspecified atom stereocenters. The first kappa shape index (κ1) is 52.1. The van der Waals surface area contributed by atoms with Crippen LogP contribution >= 0.6 is 11.3 Å². The molecule has 8 aromatic rings. The van der Waals surface area contributed by atoms with Crippen molar-refractivity contribution in [1.29, 1.82) is 0 Å². The van der Waals surface area contributed by atoms with Crippen LogP contribution in [0.25, 0.3) is 10.4 Å². The zero-order valence-electron chi connectivity index (χ0n) is 35.1. The zero-order chi connectivity index (χ0) is 52.3. The van der Waals surface area contributed by atoms with Gasteiger partial charge in [-0.2, -0.15) is 0 Å². The smallest absolute Gasteiger partial charge is 0.207 e. The van der Waals surface area contributed by atoms with Crippen molar-refractivity contribution in [2.45, 2.75) is 27.8 Å². The lowest BCUT2D eigenvalue weighted by atomic mass is 9.12. The van der Waals surface area contributed by atoms with Crippen molar-refractivity contribution >= 4 is 50.2 Å². The molecule has 23 heteroatoms. The van der Waals surface area contributed by atoms with Crippen LogP contribution in [0.1, 0.15) is 11.1 Å². The molecule has 1 heterocycles. The molecular weight excluding hydrogens is 1030 g/mol. The minimum atomic E-state index is -7.22. The summed E-state index contributed by atoms with van der Waals surface area (Å²) in [5.74, 6) is -71.4. The highest BCUT2D eigenvalue weighted by molar-refractivity contribution is 7.99. The quantitative estimate of drug-likeness (QED) is 0.0468. The van der Waals surface area contributed by atoms with E-state index in [1.165, 1.54) is 35.6 Å². The minimum absolute atomic E-state index is 0.0656. The number of halogens is 20. The first-order valence-electron chi connectivity index (χ1n) is 19.7. The third kappa shape index (κ3) is 8.59. The van der Waals surface area contributed by atoms with Crippen molar-refractivity contribution in [2.75, 3.05) is 0 Å². The molecule has 0 saturated heterocycles. The van der Waals surface area contributed by atoms with Crippen LogP contribution in [0.15, 0.2) is 105 Å². The maximum absolute atomic E-state index is 15.4. The number of thiophene rings is 1. The van der Waals surface area contributed by atoms with E-state index in [0.717, 1.165) is 0 Å². The van der Waals surface area contributed by atoms with Gasteiger partial charge in [0.05, 0.1) is 0 Å². The van der Waals surface area contributed by atoms with Crippen LogP contribution in [0.2, 0.25) is 0 Å². The standard InChI is InChI=1S/C24BF20.C24H21S2/c26-5-1(6(27)14(35)21(42)13(5)34)25(2-7(28)15(36)22(43)16(37)8(2)29,3-9(30)17(38)23(44)18(39)10(3)31)4-11(32)19(40)24(45)20(41)12(4)33;1-18-8-12-21(13-9-18)26(22-14-10-19(2)11-15-22)24-17-16-23(25-24)20-6-4-3-5-7-20/h;3-17H,1-2H3/q-1;+1. The van der Waals surface area contributed by atoms with E-state index in [4.69, 9.17) is 0 Å². The van der Waals surface area contributed by atoms with Crippen LogP contribution in [0.4, 0.5) is 87.8 Å². The Hall–Kier alpha value is -6.75. The van der Waals surface area contributed by atoms with Crippen molar-refractivity contribution in [2.24, 2.45) is 0 Å². The molecule has 0 bridgehead atoms. The Morgan fingerprint density at radius 1 is 0.296 bits per heavy atom. The summed E-state index contributed by atoms with van der Waals surface area (Å²) in [6, 6.07) is 33.2. The van der Waals surface area contributed by atoms with Gasteiger partial charge in [-0.1, -0.05) is 77.1 Å². The van der Waals surface area contributed by atoms with Gasteiger partial charge >= 0.3 is 0 Å². The van der Waals surface area contributed by atoms with Crippen molar-refractivity contribution in [3.8, 4) is 10.4 Å². The van der Waals surface area contributed by atoms with Crippen LogP contribution < -0.4 is 21.9 Å². The molecule has 0 aliphatic rings. The molecule has 0 nitrogen and oxygen atoms in total. The Morgan fingerprint density at radius 2 is 0.549 bits per heavy atom. The lowest BCUT2D eigenvalue weighted by Gasteiger charge is -2.44. The number of benzene rings is 7. The fraction of sp³-hybridized carbons (Fsp3) is 0.0417. The van der Waals surface area contributed by atoms with Crippen molar-refractivity contribution in [3.05, 3.63) is 218 Å². The molecule has 0 saturated carbocycles. The highest BCUT2D eigenvalue weighted by Crippen LogP contribution is 2.39. The second kappa shape index (κ2) is 19.8. The Kier molecular flexibility index (Phi) is 14.5. The number of hydrogen-bond donors (Lipinski definition) is 0. The van der Waals surface area contributed by atoms with Gasteiger partial charge in [0.15, 0.2) is 79.6 Å². The van der Waals surface area contributed by atoms with Crippen molar-refractivity contribution in [3.63, 3.8) is 0 Å². The third-order valence-electron chi connectivity index (χ3n) is 11.1. The zero-order valence-corrected chi connectivity index (χ0v) is 36.7. The third-order valence-corrected chi connectivity index (χ3v) is 14.8. The molecule has 0 aliphatic heterocycles. The molecule has 1 aromatic heterocycles. The largest absolute Gasteiger partial charge is 0.220 e. The average molecular weight is 1050 g/mol. The summed E-state index contributed by atoms with van der Waals surface area (Å²) in [6.07, 6.45) is -7.22. The highest BCUT2D eigenvalue weighted by atomic mass is 32.2. The maximum Gasteiger partial charge on any atom is 0.220 e. The molecular formula is C48H21BF20S2.